The fourth-order valence-corrected chi connectivity index (χ4v) is 1.74. The van der Waals surface area contributed by atoms with Crippen molar-refractivity contribution in [2.75, 3.05) is 11.9 Å². The summed E-state index contributed by atoms with van der Waals surface area (Å²) in [6, 6.07) is 9.87. The number of rotatable bonds is 6. The highest BCUT2D eigenvalue weighted by Gasteiger charge is 2.03. The summed E-state index contributed by atoms with van der Waals surface area (Å²) in [7, 11) is 0. The van der Waals surface area contributed by atoms with E-state index in [-0.39, 0.29) is 0 Å². The van der Waals surface area contributed by atoms with Crippen molar-refractivity contribution in [2.24, 2.45) is 0 Å². The zero-order valence-electron chi connectivity index (χ0n) is 11.4. The lowest BCUT2D eigenvalue weighted by molar-refractivity contribution is 0.319. The van der Waals surface area contributed by atoms with Crippen LogP contribution in [0.4, 0.5) is 5.69 Å². The first-order valence-corrected chi connectivity index (χ1v) is 6.54. The van der Waals surface area contributed by atoms with Crippen molar-refractivity contribution in [1.82, 2.24) is 9.97 Å². The van der Waals surface area contributed by atoms with Gasteiger partial charge in [-0.1, -0.05) is 19.1 Å². The maximum absolute atomic E-state index is 5.70. The van der Waals surface area contributed by atoms with Gasteiger partial charge < -0.3 is 10.1 Å². The first-order chi connectivity index (χ1) is 9.29. The molecule has 0 radical (unpaired) electrons. The minimum absolute atomic E-state index is 0.663. The zero-order chi connectivity index (χ0) is 13.5. The van der Waals surface area contributed by atoms with Gasteiger partial charge in [0.25, 0.3) is 0 Å². The quantitative estimate of drug-likeness (QED) is 0.863. The van der Waals surface area contributed by atoms with Crippen LogP contribution >= 0.6 is 0 Å². The zero-order valence-corrected chi connectivity index (χ0v) is 11.4. The molecule has 2 rings (SSSR count). The SMILES string of the molecule is CCCOc1ccccc1NCc1ccnc(C)n1. The minimum atomic E-state index is 0.663. The second-order valence-corrected chi connectivity index (χ2v) is 4.29. The summed E-state index contributed by atoms with van der Waals surface area (Å²) < 4.78 is 5.70. The molecule has 100 valence electrons. The van der Waals surface area contributed by atoms with E-state index in [1.165, 1.54) is 0 Å². The molecule has 0 fully saturated rings. The molecule has 19 heavy (non-hydrogen) atoms. The van der Waals surface area contributed by atoms with Crippen LogP contribution in [0.1, 0.15) is 24.9 Å². The topological polar surface area (TPSA) is 47.0 Å². The fraction of sp³-hybridized carbons (Fsp3) is 0.333. The summed E-state index contributed by atoms with van der Waals surface area (Å²) in [5.74, 6) is 1.67. The molecule has 1 N–H and O–H groups in total. The summed E-state index contributed by atoms with van der Waals surface area (Å²) in [6.07, 6.45) is 2.78. The molecule has 0 saturated carbocycles. The first-order valence-electron chi connectivity index (χ1n) is 6.54. The van der Waals surface area contributed by atoms with Gasteiger partial charge in [0.2, 0.25) is 0 Å². The molecule has 0 aliphatic carbocycles. The largest absolute Gasteiger partial charge is 0.491 e. The van der Waals surface area contributed by atoms with Crippen molar-refractivity contribution >= 4 is 5.69 Å². The van der Waals surface area contributed by atoms with E-state index in [1.54, 1.807) is 6.20 Å². The Kier molecular flexibility index (Phi) is 4.72. The van der Waals surface area contributed by atoms with Crippen LogP contribution in [0.5, 0.6) is 5.75 Å². The number of benzene rings is 1. The van der Waals surface area contributed by atoms with Gasteiger partial charge >= 0.3 is 0 Å². The Morgan fingerprint density at radius 1 is 1.21 bits per heavy atom. The molecule has 0 spiro atoms. The molecule has 4 heteroatoms. The molecule has 0 bridgehead atoms. The highest BCUT2D eigenvalue weighted by atomic mass is 16.5. The third-order valence-corrected chi connectivity index (χ3v) is 2.64. The van der Waals surface area contributed by atoms with Gasteiger partial charge in [0, 0.05) is 6.20 Å². The summed E-state index contributed by atoms with van der Waals surface area (Å²) in [5, 5.41) is 3.35. The lowest BCUT2D eigenvalue weighted by atomic mass is 10.3. The highest BCUT2D eigenvalue weighted by Crippen LogP contribution is 2.24. The lowest BCUT2D eigenvalue weighted by Gasteiger charge is -2.12. The molecular formula is C15H19N3O. The Morgan fingerprint density at radius 2 is 2.05 bits per heavy atom. The molecule has 0 aliphatic rings. The molecule has 4 nitrogen and oxygen atoms in total. The van der Waals surface area contributed by atoms with Crippen LogP contribution in [0.3, 0.4) is 0 Å². The average Bonchev–Trinajstić information content (AvgIpc) is 2.44. The second-order valence-electron chi connectivity index (χ2n) is 4.29. The number of para-hydroxylation sites is 2. The van der Waals surface area contributed by atoms with Crippen LogP contribution in [0.2, 0.25) is 0 Å². The maximum Gasteiger partial charge on any atom is 0.142 e. The van der Waals surface area contributed by atoms with Crippen LogP contribution in [-0.4, -0.2) is 16.6 Å². The van der Waals surface area contributed by atoms with Crippen molar-refractivity contribution in [1.29, 1.82) is 0 Å². The van der Waals surface area contributed by atoms with E-state index in [0.29, 0.717) is 6.54 Å². The number of hydrogen-bond donors (Lipinski definition) is 1. The van der Waals surface area contributed by atoms with E-state index in [2.05, 4.69) is 22.2 Å². The van der Waals surface area contributed by atoms with E-state index in [4.69, 9.17) is 4.74 Å². The predicted octanol–water partition coefficient (Wildman–Crippen LogP) is 3.19. The van der Waals surface area contributed by atoms with Crippen LogP contribution in [0, 0.1) is 6.92 Å². The molecule has 0 aliphatic heterocycles. The number of hydrogen-bond acceptors (Lipinski definition) is 4. The third kappa shape index (κ3) is 3.95. The monoisotopic (exact) mass is 257 g/mol. The number of nitrogens with zero attached hydrogens (tertiary/aromatic N) is 2. The van der Waals surface area contributed by atoms with Gasteiger partial charge in [-0.3, -0.25) is 0 Å². The summed E-state index contributed by atoms with van der Waals surface area (Å²) in [5.41, 5.74) is 1.96. The molecule has 0 unspecified atom stereocenters. The van der Waals surface area contributed by atoms with Crippen LogP contribution in [0.15, 0.2) is 36.5 Å². The highest BCUT2D eigenvalue weighted by molar-refractivity contribution is 5.56. The van der Waals surface area contributed by atoms with Gasteiger partial charge in [-0.2, -0.15) is 0 Å². The van der Waals surface area contributed by atoms with E-state index in [1.807, 2.05) is 37.3 Å². The molecule has 0 amide bonds. The summed E-state index contributed by atoms with van der Waals surface area (Å²) in [4.78, 5) is 8.45. The van der Waals surface area contributed by atoms with E-state index < -0.39 is 0 Å². The van der Waals surface area contributed by atoms with Gasteiger partial charge in [0.15, 0.2) is 0 Å². The molecule has 1 heterocycles. The van der Waals surface area contributed by atoms with Crippen molar-refractivity contribution in [3.05, 3.63) is 48.0 Å². The van der Waals surface area contributed by atoms with Gasteiger partial charge in [0.05, 0.1) is 24.5 Å². The van der Waals surface area contributed by atoms with Gasteiger partial charge in [-0.25, -0.2) is 9.97 Å². The number of aryl methyl sites for hydroxylation is 1. The average molecular weight is 257 g/mol. The number of nitrogens with one attached hydrogen (secondary N) is 1. The van der Waals surface area contributed by atoms with Crippen LogP contribution in [0.25, 0.3) is 0 Å². The Morgan fingerprint density at radius 3 is 2.84 bits per heavy atom. The van der Waals surface area contributed by atoms with E-state index in [0.717, 1.165) is 36.0 Å². The second kappa shape index (κ2) is 6.73. The first kappa shape index (κ1) is 13.3. The number of anilines is 1. The molecule has 0 atom stereocenters. The normalized spacial score (nSPS) is 10.2. The van der Waals surface area contributed by atoms with Crippen molar-refractivity contribution in [3.63, 3.8) is 0 Å². The predicted molar refractivity (Wildman–Crippen MR) is 76.3 cm³/mol. The van der Waals surface area contributed by atoms with Crippen LogP contribution < -0.4 is 10.1 Å². The molecule has 2 aromatic rings. The molecular weight excluding hydrogens is 238 g/mol. The maximum atomic E-state index is 5.70. The molecule has 1 aromatic carbocycles. The van der Waals surface area contributed by atoms with Gasteiger partial charge in [-0.15, -0.1) is 0 Å². The number of aromatic nitrogens is 2. The number of ether oxygens (including phenoxy) is 1. The Labute approximate surface area is 113 Å². The Hall–Kier alpha value is -2.10. The van der Waals surface area contributed by atoms with Gasteiger partial charge in [0.1, 0.15) is 11.6 Å². The Bertz CT molecular complexity index is 528. The standard InChI is InChI=1S/C15H19N3O/c1-3-10-19-15-7-5-4-6-14(15)17-11-13-8-9-16-12(2)18-13/h4-9,17H,3,10-11H2,1-2H3. The van der Waals surface area contributed by atoms with E-state index in [9.17, 15) is 0 Å². The fourth-order valence-electron chi connectivity index (χ4n) is 1.74. The minimum Gasteiger partial charge on any atom is -0.491 e. The lowest BCUT2D eigenvalue weighted by Crippen LogP contribution is -2.05. The molecule has 1 aromatic heterocycles. The molecule has 0 saturated heterocycles. The summed E-state index contributed by atoms with van der Waals surface area (Å²) in [6.45, 7) is 5.38. The van der Waals surface area contributed by atoms with Crippen molar-refractivity contribution in [3.8, 4) is 5.75 Å². The Balaban J connectivity index is 2.02. The van der Waals surface area contributed by atoms with Crippen LogP contribution in [-0.2, 0) is 6.54 Å². The van der Waals surface area contributed by atoms with Gasteiger partial charge in [-0.05, 0) is 31.5 Å². The van der Waals surface area contributed by atoms with Crippen molar-refractivity contribution in [2.45, 2.75) is 26.8 Å². The van der Waals surface area contributed by atoms with Crippen molar-refractivity contribution < 1.29 is 4.74 Å². The smallest absolute Gasteiger partial charge is 0.142 e. The van der Waals surface area contributed by atoms with E-state index >= 15 is 0 Å². The summed E-state index contributed by atoms with van der Waals surface area (Å²) >= 11 is 0. The third-order valence-electron chi connectivity index (χ3n) is 2.64.